The Morgan fingerprint density at radius 2 is 1.77 bits per heavy atom. The number of nitrogens with two attached hydrogens (primary N) is 1. The molecule has 0 saturated heterocycles. The highest BCUT2D eigenvalue weighted by molar-refractivity contribution is 6.36. The van der Waals surface area contributed by atoms with E-state index >= 15 is 0 Å². The molecule has 0 aliphatic carbocycles. The Hall–Kier alpha value is -0.440. The van der Waals surface area contributed by atoms with Crippen molar-refractivity contribution in [1.82, 2.24) is 0 Å². The van der Waals surface area contributed by atoms with Gasteiger partial charge in [-0.05, 0) is 37.1 Å². The van der Waals surface area contributed by atoms with Crippen molar-refractivity contribution in [3.63, 3.8) is 0 Å². The fraction of sp³-hybridized carbons (Fsp3) is 0.333. The van der Waals surface area contributed by atoms with E-state index < -0.39 is 0 Å². The third-order valence-corrected chi connectivity index (χ3v) is 2.43. The van der Waals surface area contributed by atoms with Crippen molar-refractivity contribution in [2.75, 3.05) is 6.54 Å². The standard InChI is InChI=1S/C9H11Cl2NO/c10-8-4-6(13)5-9(11)7(8)2-1-3-12/h4-5,13H,1-3,12H2. The van der Waals surface area contributed by atoms with Crippen LogP contribution in [0.2, 0.25) is 10.0 Å². The Morgan fingerprint density at radius 3 is 2.23 bits per heavy atom. The zero-order valence-corrected chi connectivity index (χ0v) is 8.57. The molecule has 0 aromatic heterocycles. The summed E-state index contributed by atoms with van der Waals surface area (Å²) >= 11 is 11.8. The second kappa shape index (κ2) is 4.70. The number of hydrogen-bond donors (Lipinski definition) is 2. The van der Waals surface area contributed by atoms with Crippen LogP contribution in [0.4, 0.5) is 0 Å². The molecule has 0 aliphatic rings. The van der Waals surface area contributed by atoms with Crippen LogP contribution >= 0.6 is 23.2 Å². The first kappa shape index (κ1) is 10.6. The van der Waals surface area contributed by atoms with Crippen LogP contribution < -0.4 is 5.73 Å². The van der Waals surface area contributed by atoms with E-state index in [1.165, 1.54) is 12.1 Å². The topological polar surface area (TPSA) is 46.2 Å². The lowest BCUT2D eigenvalue weighted by Crippen LogP contribution is -2.01. The average Bonchev–Trinajstić information content (AvgIpc) is 2.02. The minimum atomic E-state index is 0.0894. The van der Waals surface area contributed by atoms with Crippen LogP contribution in [0.5, 0.6) is 5.75 Å². The van der Waals surface area contributed by atoms with Crippen molar-refractivity contribution in [3.8, 4) is 5.75 Å². The number of halogens is 2. The lowest BCUT2D eigenvalue weighted by molar-refractivity contribution is 0.475. The number of aromatic hydroxyl groups is 1. The minimum absolute atomic E-state index is 0.0894. The molecular weight excluding hydrogens is 209 g/mol. The van der Waals surface area contributed by atoms with Crippen LogP contribution in [-0.2, 0) is 6.42 Å². The molecule has 0 unspecified atom stereocenters. The van der Waals surface area contributed by atoms with Crippen LogP contribution in [0, 0.1) is 0 Å². The summed E-state index contributed by atoms with van der Waals surface area (Å²) in [4.78, 5) is 0. The van der Waals surface area contributed by atoms with Crippen molar-refractivity contribution in [2.24, 2.45) is 5.73 Å². The lowest BCUT2D eigenvalue weighted by atomic mass is 10.1. The van der Waals surface area contributed by atoms with Crippen molar-refractivity contribution in [2.45, 2.75) is 12.8 Å². The lowest BCUT2D eigenvalue weighted by Gasteiger charge is -2.06. The molecule has 13 heavy (non-hydrogen) atoms. The Balaban J connectivity index is 2.92. The Morgan fingerprint density at radius 1 is 1.23 bits per heavy atom. The first-order valence-electron chi connectivity index (χ1n) is 4.02. The summed E-state index contributed by atoms with van der Waals surface area (Å²) in [7, 11) is 0. The molecule has 0 aliphatic heterocycles. The highest BCUT2D eigenvalue weighted by Gasteiger charge is 2.06. The van der Waals surface area contributed by atoms with Gasteiger partial charge in [-0.25, -0.2) is 0 Å². The van der Waals surface area contributed by atoms with Crippen LogP contribution in [0.15, 0.2) is 12.1 Å². The molecule has 0 spiro atoms. The Bertz CT molecular complexity index is 279. The quantitative estimate of drug-likeness (QED) is 0.822. The van der Waals surface area contributed by atoms with Gasteiger partial charge in [-0.2, -0.15) is 0 Å². The number of phenolic OH excluding ortho intramolecular Hbond substituents is 1. The second-order valence-corrected chi connectivity index (χ2v) is 3.59. The molecule has 0 fully saturated rings. The molecule has 4 heteroatoms. The molecule has 3 N–H and O–H groups in total. The predicted octanol–water partition coefficient (Wildman–Crippen LogP) is 2.59. The summed E-state index contributed by atoms with van der Waals surface area (Å²) in [6.45, 7) is 0.605. The number of hydrogen-bond acceptors (Lipinski definition) is 2. The molecule has 1 rings (SSSR count). The van der Waals surface area contributed by atoms with Crippen molar-refractivity contribution >= 4 is 23.2 Å². The Kier molecular flexibility index (Phi) is 3.85. The third kappa shape index (κ3) is 2.76. The van der Waals surface area contributed by atoms with E-state index in [2.05, 4.69) is 0 Å². The number of benzene rings is 1. The molecule has 1 aromatic rings. The third-order valence-electron chi connectivity index (χ3n) is 1.76. The van der Waals surface area contributed by atoms with Crippen molar-refractivity contribution < 1.29 is 5.11 Å². The van der Waals surface area contributed by atoms with Gasteiger partial charge < -0.3 is 10.8 Å². The maximum Gasteiger partial charge on any atom is 0.118 e. The largest absolute Gasteiger partial charge is 0.508 e. The van der Waals surface area contributed by atoms with Gasteiger partial charge in [-0.1, -0.05) is 23.2 Å². The zero-order valence-electron chi connectivity index (χ0n) is 7.06. The van der Waals surface area contributed by atoms with Gasteiger partial charge in [0.25, 0.3) is 0 Å². The van der Waals surface area contributed by atoms with Gasteiger partial charge in [0, 0.05) is 10.0 Å². The van der Waals surface area contributed by atoms with Gasteiger partial charge >= 0.3 is 0 Å². The van der Waals surface area contributed by atoms with Crippen LogP contribution in [0.25, 0.3) is 0 Å². The van der Waals surface area contributed by atoms with Gasteiger partial charge in [-0.3, -0.25) is 0 Å². The fourth-order valence-corrected chi connectivity index (χ4v) is 1.77. The number of phenols is 1. The van der Waals surface area contributed by atoms with E-state index in [1.807, 2.05) is 0 Å². The molecule has 0 radical (unpaired) electrons. The molecule has 0 atom stereocenters. The fourth-order valence-electron chi connectivity index (χ4n) is 1.11. The van der Waals surface area contributed by atoms with Crippen molar-refractivity contribution in [3.05, 3.63) is 27.7 Å². The summed E-state index contributed by atoms with van der Waals surface area (Å²) < 4.78 is 0. The van der Waals surface area contributed by atoms with E-state index in [9.17, 15) is 0 Å². The summed E-state index contributed by atoms with van der Waals surface area (Å²) in [6, 6.07) is 2.97. The van der Waals surface area contributed by atoms with E-state index in [-0.39, 0.29) is 5.75 Å². The smallest absolute Gasteiger partial charge is 0.118 e. The average molecular weight is 220 g/mol. The highest BCUT2D eigenvalue weighted by atomic mass is 35.5. The zero-order chi connectivity index (χ0) is 9.84. The van der Waals surface area contributed by atoms with Gasteiger partial charge in [0.05, 0.1) is 0 Å². The molecule has 0 bridgehead atoms. The van der Waals surface area contributed by atoms with Crippen LogP contribution in [-0.4, -0.2) is 11.7 Å². The minimum Gasteiger partial charge on any atom is -0.508 e. The van der Waals surface area contributed by atoms with Gasteiger partial charge in [-0.15, -0.1) is 0 Å². The second-order valence-electron chi connectivity index (χ2n) is 2.78. The highest BCUT2D eigenvalue weighted by Crippen LogP contribution is 2.30. The monoisotopic (exact) mass is 219 g/mol. The summed E-state index contributed by atoms with van der Waals surface area (Å²) in [5.41, 5.74) is 6.22. The van der Waals surface area contributed by atoms with Crippen molar-refractivity contribution in [1.29, 1.82) is 0 Å². The maximum atomic E-state index is 9.15. The SMILES string of the molecule is NCCCc1c(Cl)cc(O)cc1Cl. The first-order chi connectivity index (χ1) is 6.15. The summed E-state index contributed by atoms with van der Waals surface area (Å²) in [5, 5.41) is 10.1. The number of rotatable bonds is 3. The van der Waals surface area contributed by atoms with Crippen LogP contribution in [0.3, 0.4) is 0 Å². The van der Waals surface area contributed by atoms with Gasteiger partial charge in [0.15, 0.2) is 0 Å². The summed E-state index contributed by atoms with van der Waals surface area (Å²) in [6.07, 6.45) is 1.58. The van der Waals surface area contributed by atoms with Gasteiger partial charge in [0.1, 0.15) is 5.75 Å². The normalized spacial score (nSPS) is 10.4. The van der Waals surface area contributed by atoms with E-state index in [1.54, 1.807) is 0 Å². The van der Waals surface area contributed by atoms with Crippen LogP contribution in [0.1, 0.15) is 12.0 Å². The van der Waals surface area contributed by atoms with Gasteiger partial charge in [0.2, 0.25) is 0 Å². The Labute approximate surface area is 87.3 Å². The van der Waals surface area contributed by atoms with E-state index in [0.29, 0.717) is 16.6 Å². The molecule has 1 aromatic carbocycles. The molecule has 72 valence electrons. The molecule has 0 heterocycles. The molecule has 0 amide bonds. The molecule has 0 saturated carbocycles. The van der Waals surface area contributed by atoms with E-state index in [0.717, 1.165) is 18.4 Å². The maximum absolute atomic E-state index is 9.15. The molecule has 2 nitrogen and oxygen atoms in total. The molecular formula is C9H11Cl2NO. The summed E-state index contributed by atoms with van der Waals surface area (Å²) in [5.74, 6) is 0.0894. The first-order valence-corrected chi connectivity index (χ1v) is 4.77. The van der Waals surface area contributed by atoms with E-state index in [4.69, 9.17) is 34.0 Å². The predicted molar refractivity (Wildman–Crippen MR) is 55.5 cm³/mol.